The fraction of sp³-hybridized carbons (Fsp3) is 0.118. The molecule has 1 heterocycles. The molecule has 134 valence electrons. The van der Waals surface area contributed by atoms with Gasteiger partial charge in [0.2, 0.25) is 5.95 Å². The third-order valence-electron chi connectivity index (χ3n) is 3.39. The second kappa shape index (κ2) is 7.60. The van der Waals surface area contributed by atoms with E-state index in [9.17, 15) is 8.78 Å². The number of anilines is 4. The number of nitrogens with zero attached hydrogens (tertiary/aromatic N) is 3. The molecule has 0 aliphatic carbocycles. The second-order valence-corrected chi connectivity index (χ2v) is 5.11. The third-order valence-corrected chi connectivity index (χ3v) is 3.39. The van der Waals surface area contributed by atoms with E-state index in [2.05, 4.69) is 25.8 Å². The molecule has 0 bridgehead atoms. The first-order valence-electron chi connectivity index (χ1n) is 7.50. The summed E-state index contributed by atoms with van der Waals surface area (Å²) >= 11 is 0. The zero-order valence-corrected chi connectivity index (χ0v) is 14.0. The Labute approximate surface area is 148 Å². The molecule has 0 radical (unpaired) electrons. The van der Waals surface area contributed by atoms with Gasteiger partial charge in [-0.15, -0.1) is 5.10 Å². The molecule has 3 rings (SSSR count). The van der Waals surface area contributed by atoms with Gasteiger partial charge in [-0.05, 0) is 24.3 Å². The minimum Gasteiger partial charge on any atom is -0.493 e. The molecule has 0 spiro atoms. The summed E-state index contributed by atoms with van der Waals surface area (Å²) in [4.78, 5) is 4.23. The van der Waals surface area contributed by atoms with E-state index in [0.717, 1.165) is 12.1 Å². The Balaban J connectivity index is 1.78. The van der Waals surface area contributed by atoms with Gasteiger partial charge in [0.1, 0.15) is 0 Å². The fourth-order valence-corrected chi connectivity index (χ4v) is 2.18. The topological polar surface area (TPSA) is 81.2 Å². The standard InChI is InChI=1S/C17H15F2N5O2/c1-25-14-6-4-11(8-15(14)26-2)21-16-9-20-24-17(23-16)22-10-3-5-12(18)13(19)7-10/h3-9H,1-2H3,(H2,21,22,23,24). The van der Waals surface area contributed by atoms with E-state index in [1.807, 2.05) is 0 Å². The maximum absolute atomic E-state index is 13.3. The molecule has 2 N–H and O–H groups in total. The molecule has 0 unspecified atom stereocenters. The van der Waals surface area contributed by atoms with Crippen molar-refractivity contribution < 1.29 is 18.3 Å². The minimum atomic E-state index is -0.970. The highest BCUT2D eigenvalue weighted by atomic mass is 19.2. The summed E-state index contributed by atoms with van der Waals surface area (Å²) in [6, 6.07) is 8.66. The lowest BCUT2D eigenvalue weighted by atomic mass is 10.2. The van der Waals surface area contributed by atoms with Crippen LogP contribution in [0.4, 0.5) is 31.9 Å². The minimum absolute atomic E-state index is 0.126. The van der Waals surface area contributed by atoms with Crippen molar-refractivity contribution in [2.75, 3.05) is 24.9 Å². The van der Waals surface area contributed by atoms with Gasteiger partial charge in [0, 0.05) is 23.5 Å². The molecule has 0 atom stereocenters. The summed E-state index contributed by atoms with van der Waals surface area (Å²) in [5.74, 6) is -0.223. The highest BCUT2D eigenvalue weighted by molar-refractivity contribution is 5.62. The summed E-state index contributed by atoms with van der Waals surface area (Å²) < 4.78 is 36.7. The maximum Gasteiger partial charge on any atom is 0.249 e. The summed E-state index contributed by atoms with van der Waals surface area (Å²) in [5, 5.41) is 13.5. The molecule has 0 aliphatic heterocycles. The van der Waals surface area contributed by atoms with E-state index in [0.29, 0.717) is 28.7 Å². The van der Waals surface area contributed by atoms with Crippen LogP contribution in [0.1, 0.15) is 0 Å². The average molecular weight is 359 g/mol. The van der Waals surface area contributed by atoms with Gasteiger partial charge in [-0.2, -0.15) is 10.1 Å². The molecule has 3 aromatic rings. The van der Waals surface area contributed by atoms with E-state index in [4.69, 9.17) is 9.47 Å². The molecule has 9 heteroatoms. The van der Waals surface area contributed by atoms with Crippen LogP contribution >= 0.6 is 0 Å². The SMILES string of the molecule is COc1ccc(Nc2cnnc(Nc3ccc(F)c(F)c3)n2)cc1OC. The van der Waals surface area contributed by atoms with Crippen molar-refractivity contribution in [3.63, 3.8) is 0 Å². The van der Waals surface area contributed by atoms with Crippen LogP contribution in [0.25, 0.3) is 0 Å². The van der Waals surface area contributed by atoms with Crippen molar-refractivity contribution in [3.8, 4) is 11.5 Å². The van der Waals surface area contributed by atoms with Gasteiger partial charge in [0.05, 0.1) is 20.4 Å². The molecule has 2 aromatic carbocycles. The summed E-state index contributed by atoms with van der Waals surface area (Å²) in [5.41, 5.74) is 0.996. The number of hydrogen-bond donors (Lipinski definition) is 2. The van der Waals surface area contributed by atoms with Gasteiger partial charge < -0.3 is 20.1 Å². The number of nitrogens with one attached hydrogen (secondary N) is 2. The normalized spacial score (nSPS) is 10.3. The first-order chi connectivity index (χ1) is 12.6. The monoisotopic (exact) mass is 359 g/mol. The summed E-state index contributed by atoms with van der Waals surface area (Å²) in [6.45, 7) is 0. The smallest absolute Gasteiger partial charge is 0.249 e. The summed E-state index contributed by atoms with van der Waals surface area (Å²) in [7, 11) is 3.09. The number of rotatable bonds is 6. The van der Waals surface area contributed by atoms with E-state index >= 15 is 0 Å². The highest BCUT2D eigenvalue weighted by Gasteiger charge is 2.08. The lowest BCUT2D eigenvalue weighted by Crippen LogP contribution is -2.03. The van der Waals surface area contributed by atoms with Crippen molar-refractivity contribution in [2.45, 2.75) is 0 Å². The lowest BCUT2D eigenvalue weighted by Gasteiger charge is -2.11. The third kappa shape index (κ3) is 3.94. The molecule has 0 amide bonds. The first kappa shape index (κ1) is 17.3. The van der Waals surface area contributed by atoms with E-state index in [1.165, 1.54) is 19.4 Å². The first-order valence-corrected chi connectivity index (χ1v) is 7.50. The zero-order valence-electron chi connectivity index (χ0n) is 14.0. The van der Waals surface area contributed by atoms with Gasteiger partial charge in [0.25, 0.3) is 0 Å². The Bertz CT molecular complexity index is 923. The van der Waals surface area contributed by atoms with Crippen LogP contribution in [-0.4, -0.2) is 29.4 Å². The Hall–Kier alpha value is -3.49. The number of benzene rings is 2. The Morgan fingerprint density at radius 3 is 2.31 bits per heavy atom. The summed E-state index contributed by atoms with van der Waals surface area (Å²) in [6.07, 6.45) is 1.42. The number of aromatic nitrogens is 3. The largest absolute Gasteiger partial charge is 0.493 e. The van der Waals surface area contributed by atoms with Crippen LogP contribution in [0.3, 0.4) is 0 Å². The number of halogens is 2. The predicted molar refractivity (Wildman–Crippen MR) is 92.3 cm³/mol. The molecular formula is C17H15F2N5O2. The van der Waals surface area contributed by atoms with Gasteiger partial charge in [-0.25, -0.2) is 8.78 Å². The van der Waals surface area contributed by atoms with Crippen molar-refractivity contribution in [3.05, 3.63) is 54.2 Å². The average Bonchev–Trinajstić information content (AvgIpc) is 2.65. The predicted octanol–water partition coefficient (Wildman–Crippen LogP) is 3.65. The molecular weight excluding hydrogens is 344 g/mol. The van der Waals surface area contributed by atoms with E-state index in [1.54, 1.807) is 25.3 Å². The van der Waals surface area contributed by atoms with Crippen molar-refractivity contribution in [1.29, 1.82) is 0 Å². The molecule has 26 heavy (non-hydrogen) atoms. The Morgan fingerprint density at radius 1 is 0.846 bits per heavy atom. The van der Waals surface area contributed by atoms with Crippen LogP contribution in [0.15, 0.2) is 42.6 Å². The van der Waals surface area contributed by atoms with Crippen molar-refractivity contribution in [1.82, 2.24) is 15.2 Å². The number of hydrogen-bond acceptors (Lipinski definition) is 7. The lowest BCUT2D eigenvalue weighted by molar-refractivity contribution is 0.355. The fourth-order valence-electron chi connectivity index (χ4n) is 2.18. The molecule has 0 aliphatic rings. The van der Waals surface area contributed by atoms with Crippen LogP contribution in [0.5, 0.6) is 11.5 Å². The van der Waals surface area contributed by atoms with Crippen LogP contribution in [0, 0.1) is 11.6 Å². The number of ether oxygens (including phenoxy) is 2. The van der Waals surface area contributed by atoms with Gasteiger partial charge >= 0.3 is 0 Å². The maximum atomic E-state index is 13.3. The van der Waals surface area contributed by atoms with Gasteiger partial charge in [-0.3, -0.25) is 0 Å². The van der Waals surface area contributed by atoms with Crippen LogP contribution in [-0.2, 0) is 0 Å². The molecule has 0 fully saturated rings. The Morgan fingerprint density at radius 2 is 1.58 bits per heavy atom. The molecule has 7 nitrogen and oxygen atoms in total. The van der Waals surface area contributed by atoms with Crippen molar-refractivity contribution >= 4 is 23.1 Å². The molecule has 0 saturated carbocycles. The zero-order chi connectivity index (χ0) is 18.5. The molecule has 0 saturated heterocycles. The van der Waals surface area contributed by atoms with Gasteiger partial charge in [0.15, 0.2) is 29.0 Å². The Kier molecular flexibility index (Phi) is 5.07. The van der Waals surface area contributed by atoms with E-state index < -0.39 is 11.6 Å². The van der Waals surface area contributed by atoms with Crippen LogP contribution < -0.4 is 20.1 Å². The second-order valence-electron chi connectivity index (χ2n) is 5.11. The van der Waals surface area contributed by atoms with E-state index in [-0.39, 0.29) is 5.95 Å². The van der Waals surface area contributed by atoms with Gasteiger partial charge in [-0.1, -0.05) is 0 Å². The van der Waals surface area contributed by atoms with Crippen molar-refractivity contribution in [2.24, 2.45) is 0 Å². The highest BCUT2D eigenvalue weighted by Crippen LogP contribution is 2.30. The van der Waals surface area contributed by atoms with Crippen LogP contribution in [0.2, 0.25) is 0 Å². The quantitative estimate of drug-likeness (QED) is 0.695. The number of methoxy groups -OCH3 is 2. The molecule has 1 aromatic heterocycles.